The first kappa shape index (κ1) is 41.0. The van der Waals surface area contributed by atoms with Crippen molar-refractivity contribution in [2.45, 2.75) is 125 Å². The number of nitrogens with zero attached hydrogens (tertiary/aromatic N) is 3. The number of benzene rings is 4. The predicted molar refractivity (Wildman–Crippen MR) is 231 cm³/mol. The van der Waals surface area contributed by atoms with Gasteiger partial charge < -0.3 is 14.4 Å². The Bertz CT molecular complexity index is 2360. The van der Waals surface area contributed by atoms with Gasteiger partial charge in [-0.1, -0.05) is 120 Å². The molecule has 298 valence electrons. The monoisotopic (exact) mass is 938 g/mol. The number of aromatic nitrogens is 1. The molecule has 1 aromatic heterocycles. The topological polar surface area (TPSA) is 47.0 Å². The molecule has 4 aromatic carbocycles. The second-order valence-corrected chi connectivity index (χ2v) is 18.6. The van der Waals surface area contributed by atoms with E-state index in [2.05, 4.69) is 154 Å². The Morgan fingerprint density at radius 3 is 2.18 bits per heavy atom. The maximum Gasteiger partial charge on any atom is 2.00 e. The summed E-state index contributed by atoms with van der Waals surface area (Å²) in [4.78, 5) is 12.6. The Morgan fingerprint density at radius 2 is 1.47 bits per heavy atom. The van der Waals surface area contributed by atoms with Crippen LogP contribution in [0.2, 0.25) is 0 Å². The summed E-state index contributed by atoms with van der Waals surface area (Å²) in [6.45, 7) is 25.2. The Morgan fingerprint density at radius 1 is 0.789 bits per heavy atom. The van der Waals surface area contributed by atoms with E-state index in [4.69, 9.17) is 19.5 Å². The van der Waals surface area contributed by atoms with Crippen LogP contribution in [-0.2, 0) is 36.6 Å². The van der Waals surface area contributed by atoms with Gasteiger partial charge in [-0.05, 0) is 104 Å². The number of rotatable bonds is 6. The van der Waals surface area contributed by atoms with E-state index < -0.39 is 0 Å². The summed E-state index contributed by atoms with van der Waals surface area (Å²) >= 11 is 0. The van der Waals surface area contributed by atoms with Crippen LogP contribution in [0.25, 0.3) is 11.1 Å². The molecule has 0 saturated heterocycles. The zero-order chi connectivity index (χ0) is 39.7. The molecule has 3 aliphatic rings. The molecule has 0 unspecified atom stereocenters. The molecular formula is C51H57N3O2Pt. The number of aryl methyl sites for hydroxylation is 5. The summed E-state index contributed by atoms with van der Waals surface area (Å²) in [5.41, 5.74) is 14.4. The molecule has 2 aliphatic heterocycles. The summed E-state index contributed by atoms with van der Waals surface area (Å²) in [6.07, 6.45) is 8.19. The van der Waals surface area contributed by atoms with Crippen LogP contribution in [0.4, 0.5) is 17.2 Å². The number of ether oxygens (including phenoxy) is 2. The van der Waals surface area contributed by atoms with Crippen LogP contribution < -0.4 is 9.64 Å². The second-order valence-electron chi connectivity index (χ2n) is 18.6. The zero-order valence-electron chi connectivity index (χ0n) is 35.6. The van der Waals surface area contributed by atoms with Gasteiger partial charge in [-0.3, -0.25) is 4.99 Å². The number of fused-ring (bicyclic) bond motifs is 2. The molecule has 8 rings (SSSR count). The van der Waals surface area contributed by atoms with Crippen LogP contribution in [0.1, 0.15) is 124 Å². The van der Waals surface area contributed by atoms with Gasteiger partial charge in [0, 0.05) is 34.4 Å². The van der Waals surface area contributed by atoms with Gasteiger partial charge in [-0.15, -0.1) is 24.3 Å². The van der Waals surface area contributed by atoms with Gasteiger partial charge in [0.15, 0.2) is 0 Å². The van der Waals surface area contributed by atoms with Gasteiger partial charge in [-0.2, -0.15) is 5.56 Å². The van der Waals surface area contributed by atoms with E-state index in [9.17, 15) is 0 Å². The predicted octanol–water partition coefficient (Wildman–Crippen LogP) is 13.2. The van der Waals surface area contributed by atoms with Gasteiger partial charge in [0.25, 0.3) is 0 Å². The molecule has 0 N–H and O–H groups in total. The van der Waals surface area contributed by atoms with Crippen molar-refractivity contribution in [1.82, 2.24) is 4.98 Å². The van der Waals surface area contributed by atoms with E-state index in [1.54, 1.807) is 0 Å². The van der Waals surface area contributed by atoms with Crippen LogP contribution in [0.15, 0.2) is 71.9 Å². The maximum absolute atomic E-state index is 6.86. The number of anilines is 3. The van der Waals surface area contributed by atoms with Crippen LogP contribution >= 0.6 is 0 Å². The number of hydrogen-bond donors (Lipinski definition) is 0. The fourth-order valence-electron chi connectivity index (χ4n) is 9.71. The van der Waals surface area contributed by atoms with Gasteiger partial charge in [0.1, 0.15) is 18.3 Å². The first-order valence-electron chi connectivity index (χ1n) is 20.5. The molecule has 0 spiro atoms. The van der Waals surface area contributed by atoms with Crippen molar-refractivity contribution in [1.29, 1.82) is 0 Å². The minimum atomic E-state index is -0.250. The molecule has 0 amide bonds. The first-order chi connectivity index (χ1) is 26.5. The van der Waals surface area contributed by atoms with E-state index >= 15 is 0 Å². The summed E-state index contributed by atoms with van der Waals surface area (Å²) in [5, 5.41) is 0. The maximum atomic E-state index is 6.86. The quantitative estimate of drug-likeness (QED) is 0.159. The van der Waals surface area contributed by atoms with Crippen molar-refractivity contribution in [3.05, 3.63) is 129 Å². The molecular weight excluding hydrogens is 882 g/mol. The van der Waals surface area contributed by atoms with Crippen molar-refractivity contribution in [2.24, 2.45) is 10.9 Å². The molecule has 1 fully saturated rings. The fourth-order valence-corrected chi connectivity index (χ4v) is 9.71. The smallest absolute Gasteiger partial charge is 0.518 e. The second kappa shape index (κ2) is 15.2. The van der Waals surface area contributed by atoms with E-state index in [0.717, 1.165) is 33.9 Å². The van der Waals surface area contributed by atoms with E-state index in [1.807, 2.05) is 6.20 Å². The summed E-state index contributed by atoms with van der Waals surface area (Å²) in [7, 11) is 0. The molecule has 1 atom stereocenters. The van der Waals surface area contributed by atoms with Crippen molar-refractivity contribution < 1.29 is 30.5 Å². The Balaban J connectivity index is 0.00000496. The van der Waals surface area contributed by atoms with E-state index in [-0.39, 0.29) is 37.4 Å². The number of hydrogen-bond acceptors (Lipinski definition) is 5. The third-order valence-electron chi connectivity index (χ3n) is 12.6. The third kappa shape index (κ3) is 7.62. The largest absolute Gasteiger partial charge is 2.00 e. The van der Waals surface area contributed by atoms with Crippen LogP contribution in [0, 0.1) is 52.7 Å². The Kier molecular flexibility index (Phi) is 10.9. The van der Waals surface area contributed by atoms with Gasteiger partial charge in [0.2, 0.25) is 0 Å². The minimum absolute atomic E-state index is 0. The molecule has 0 bridgehead atoms. The molecule has 5 aromatic rings. The van der Waals surface area contributed by atoms with E-state index in [0.29, 0.717) is 29.9 Å². The molecule has 1 aliphatic carbocycles. The minimum Gasteiger partial charge on any atom is -0.518 e. The van der Waals surface area contributed by atoms with Gasteiger partial charge >= 0.3 is 21.1 Å². The molecule has 6 heteroatoms. The summed E-state index contributed by atoms with van der Waals surface area (Å²) in [5.74, 6) is 3.33. The third-order valence-corrected chi connectivity index (χ3v) is 12.6. The average Bonchev–Trinajstić information content (AvgIpc) is 3.54. The summed E-state index contributed by atoms with van der Waals surface area (Å²) < 4.78 is 13.3. The number of aliphatic imine (C=N–C) groups is 1. The summed E-state index contributed by atoms with van der Waals surface area (Å²) in [6, 6.07) is 29.4. The molecule has 3 heterocycles. The SMILES string of the molecule is Cc1cc(Oc2[c-]c(C3=N[C@](C)(C4CCCCC4)CO3)cc(-c3c(C)cc(C)cc3C)c2)[c-]c(N2c3ccc(C(C)(C)C)cc3C(C)(C)c3c(C)ccnc32)c1.[Pt+2]. The van der Waals surface area contributed by atoms with Crippen LogP contribution in [0.3, 0.4) is 0 Å². The van der Waals surface area contributed by atoms with Crippen molar-refractivity contribution in [3.8, 4) is 22.6 Å². The molecule has 1 saturated carbocycles. The zero-order valence-corrected chi connectivity index (χ0v) is 37.9. The van der Waals surface area contributed by atoms with Gasteiger partial charge in [0.05, 0.1) is 5.54 Å². The van der Waals surface area contributed by atoms with E-state index in [1.165, 1.54) is 76.6 Å². The molecule has 57 heavy (non-hydrogen) atoms. The van der Waals surface area contributed by atoms with Gasteiger partial charge in [-0.25, -0.2) is 4.98 Å². The Hall–Kier alpha value is -4.21. The van der Waals surface area contributed by atoms with Crippen molar-refractivity contribution in [2.75, 3.05) is 11.5 Å². The number of pyridine rings is 1. The Labute approximate surface area is 355 Å². The average molecular weight is 939 g/mol. The standard InChI is InChI=1S/C51H57N3O2.Pt/c1-31-21-34(4)45(35(5)22-31)36-25-37(48-53-51(11,30-55-48)38-15-13-12-14-16-38)27-42(26-36)56-41-24-32(2)23-40(29-41)54-44-18-17-39(49(6,7)8)28-43(44)50(9,10)46-33(3)19-20-52-47(46)54;/h17-26,28,38H,12-16,30H2,1-11H3;/q-2;+2/t51-;/m0./s1. The van der Waals surface area contributed by atoms with Crippen molar-refractivity contribution >= 4 is 23.1 Å². The van der Waals surface area contributed by atoms with Crippen molar-refractivity contribution in [3.63, 3.8) is 0 Å². The van der Waals surface area contributed by atoms with Crippen LogP contribution in [0.5, 0.6) is 11.5 Å². The first-order valence-corrected chi connectivity index (χ1v) is 20.5. The normalized spacial score (nSPS) is 18.9. The van der Waals surface area contributed by atoms with Crippen LogP contribution in [-0.4, -0.2) is 23.0 Å². The molecule has 5 nitrogen and oxygen atoms in total. The molecule has 0 radical (unpaired) electrons. The fraction of sp³-hybridized carbons (Fsp3) is 0.412.